The van der Waals surface area contributed by atoms with E-state index in [1.54, 1.807) is 30.3 Å². The molecular formula is C23H19FN4O4S. The van der Waals surface area contributed by atoms with Crippen LogP contribution in [0.5, 0.6) is 0 Å². The standard InChI is InChI=1S/C23H19FN4O4S/c1-15(29)26-16-10-12-17(13-11-16)33(31,32)25-14-22-27-20-8-4-2-6-18(20)23(30)28(22)21-9-5-3-7-19(21)24/h2-13,25H,14H2,1H3,(H,26,29). The van der Waals surface area contributed by atoms with E-state index < -0.39 is 21.4 Å². The van der Waals surface area contributed by atoms with Gasteiger partial charge in [-0.25, -0.2) is 22.5 Å². The number of para-hydroxylation sites is 2. The van der Waals surface area contributed by atoms with Gasteiger partial charge in [0.05, 0.1) is 28.0 Å². The lowest BCUT2D eigenvalue weighted by Crippen LogP contribution is -2.30. The molecule has 33 heavy (non-hydrogen) atoms. The summed E-state index contributed by atoms with van der Waals surface area (Å²) in [6, 6.07) is 17.9. The molecule has 1 amide bonds. The minimum absolute atomic E-state index is 0.0299. The number of carbonyl (C=O) groups is 1. The Morgan fingerprint density at radius 2 is 1.67 bits per heavy atom. The first-order valence-electron chi connectivity index (χ1n) is 9.89. The topological polar surface area (TPSA) is 110 Å². The van der Waals surface area contributed by atoms with Gasteiger partial charge in [-0.1, -0.05) is 24.3 Å². The zero-order chi connectivity index (χ0) is 23.6. The molecule has 1 aromatic heterocycles. The van der Waals surface area contributed by atoms with Crippen LogP contribution in [0.25, 0.3) is 16.6 Å². The lowest BCUT2D eigenvalue weighted by Gasteiger charge is -2.15. The zero-order valence-corrected chi connectivity index (χ0v) is 18.3. The Balaban J connectivity index is 1.73. The van der Waals surface area contributed by atoms with Crippen LogP contribution in [0.1, 0.15) is 12.7 Å². The van der Waals surface area contributed by atoms with Crippen molar-refractivity contribution in [2.24, 2.45) is 0 Å². The second-order valence-electron chi connectivity index (χ2n) is 7.17. The third kappa shape index (κ3) is 4.66. The maximum Gasteiger partial charge on any atom is 0.266 e. The molecule has 0 saturated carbocycles. The molecule has 0 bridgehead atoms. The molecule has 168 valence electrons. The smallest absolute Gasteiger partial charge is 0.266 e. The number of anilines is 1. The number of halogens is 1. The fourth-order valence-electron chi connectivity index (χ4n) is 3.34. The van der Waals surface area contributed by atoms with Crippen LogP contribution in [-0.4, -0.2) is 23.9 Å². The Morgan fingerprint density at radius 1 is 1.00 bits per heavy atom. The van der Waals surface area contributed by atoms with Gasteiger partial charge in [0.15, 0.2) is 0 Å². The number of nitrogens with one attached hydrogen (secondary N) is 2. The van der Waals surface area contributed by atoms with Crippen molar-refractivity contribution in [2.45, 2.75) is 18.4 Å². The molecule has 0 saturated heterocycles. The first-order valence-corrected chi connectivity index (χ1v) is 11.4. The molecule has 0 aliphatic rings. The fourth-order valence-corrected chi connectivity index (χ4v) is 4.32. The lowest BCUT2D eigenvalue weighted by atomic mass is 10.2. The molecule has 1 heterocycles. The van der Waals surface area contributed by atoms with Crippen molar-refractivity contribution in [3.63, 3.8) is 0 Å². The predicted molar refractivity (Wildman–Crippen MR) is 122 cm³/mol. The first kappa shape index (κ1) is 22.3. The normalized spacial score (nSPS) is 11.5. The SMILES string of the molecule is CC(=O)Nc1ccc(S(=O)(=O)NCc2nc3ccccc3c(=O)n2-c2ccccc2F)cc1. The average molecular weight is 466 g/mol. The van der Waals surface area contributed by atoms with Gasteiger partial charge < -0.3 is 5.32 Å². The van der Waals surface area contributed by atoms with Gasteiger partial charge in [0, 0.05) is 12.6 Å². The van der Waals surface area contributed by atoms with E-state index in [1.807, 2.05) is 0 Å². The number of hydrogen-bond acceptors (Lipinski definition) is 5. The Bertz CT molecular complexity index is 1520. The van der Waals surface area contributed by atoms with Crippen LogP contribution in [-0.2, 0) is 21.4 Å². The molecule has 4 rings (SSSR count). The molecule has 3 aromatic carbocycles. The van der Waals surface area contributed by atoms with Gasteiger partial charge in [-0.15, -0.1) is 0 Å². The Labute approximate surface area is 188 Å². The van der Waals surface area contributed by atoms with Crippen LogP contribution in [0, 0.1) is 5.82 Å². The Hall–Kier alpha value is -3.89. The molecule has 0 fully saturated rings. The summed E-state index contributed by atoms with van der Waals surface area (Å²) in [5.41, 5.74) is 0.268. The number of fused-ring (bicyclic) bond motifs is 1. The van der Waals surface area contributed by atoms with E-state index in [-0.39, 0.29) is 34.2 Å². The highest BCUT2D eigenvalue weighted by atomic mass is 32.2. The summed E-state index contributed by atoms with van der Waals surface area (Å²) in [6.07, 6.45) is 0. The van der Waals surface area contributed by atoms with Crippen molar-refractivity contribution in [3.8, 4) is 5.69 Å². The molecule has 10 heteroatoms. The minimum Gasteiger partial charge on any atom is -0.326 e. The van der Waals surface area contributed by atoms with E-state index in [4.69, 9.17) is 0 Å². The molecule has 0 unspecified atom stereocenters. The van der Waals surface area contributed by atoms with Crippen molar-refractivity contribution in [1.29, 1.82) is 0 Å². The maximum atomic E-state index is 14.5. The number of rotatable bonds is 6. The van der Waals surface area contributed by atoms with Gasteiger partial charge in [0.25, 0.3) is 5.56 Å². The van der Waals surface area contributed by atoms with Gasteiger partial charge in [0.1, 0.15) is 11.6 Å². The molecule has 0 spiro atoms. The number of sulfonamides is 1. The molecule has 4 aromatic rings. The third-order valence-corrected chi connectivity index (χ3v) is 6.26. The summed E-state index contributed by atoms with van der Waals surface area (Å²) in [6.45, 7) is 0.988. The second-order valence-corrected chi connectivity index (χ2v) is 8.93. The third-order valence-electron chi connectivity index (χ3n) is 4.84. The number of aromatic nitrogens is 2. The highest BCUT2D eigenvalue weighted by molar-refractivity contribution is 7.89. The number of benzene rings is 3. The highest BCUT2D eigenvalue weighted by Crippen LogP contribution is 2.18. The van der Waals surface area contributed by atoms with E-state index in [2.05, 4.69) is 15.0 Å². The largest absolute Gasteiger partial charge is 0.326 e. The van der Waals surface area contributed by atoms with Crippen molar-refractivity contribution < 1.29 is 17.6 Å². The van der Waals surface area contributed by atoms with Crippen LogP contribution in [0.15, 0.2) is 82.5 Å². The van der Waals surface area contributed by atoms with Crippen molar-refractivity contribution in [3.05, 3.63) is 94.8 Å². The molecule has 8 nitrogen and oxygen atoms in total. The average Bonchev–Trinajstić information content (AvgIpc) is 2.79. The molecule has 2 N–H and O–H groups in total. The van der Waals surface area contributed by atoms with Crippen LogP contribution < -0.4 is 15.6 Å². The summed E-state index contributed by atoms with van der Waals surface area (Å²) >= 11 is 0. The van der Waals surface area contributed by atoms with E-state index in [0.29, 0.717) is 11.2 Å². The predicted octanol–water partition coefficient (Wildman–Crippen LogP) is 2.96. The van der Waals surface area contributed by atoms with Crippen molar-refractivity contribution in [2.75, 3.05) is 5.32 Å². The van der Waals surface area contributed by atoms with Crippen molar-refractivity contribution >= 4 is 32.5 Å². The first-order chi connectivity index (χ1) is 15.8. The number of hydrogen-bond donors (Lipinski definition) is 2. The number of amides is 1. The van der Waals surface area contributed by atoms with Gasteiger partial charge in [-0.3, -0.25) is 14.2 Å². The fraction of sp³-hybridized carbons (Fsp3) is 0.0870. The highest BCUT2D eigenvalue weighted by Gasteiger charge is 2.19. The van der Waals surface area contributed by atoms with Gasteiger partial charge in [-0.05, 0) is 48.5 Å². The minimum atomic E-state index is -3.99. The Morgan fingerprint density at radius 3 is 2.36 bits per heavy atom. The van der Waals surface area contributed by atoms with Gasteiger partial charge in [-0.2, -0.15) is 0 Å². The monoisotopic (exact) mass is 466 g/mol. The van der Waals surface area contributed by atoms with Crippen LogP contribution in [0.3, 0.4) is 0 Å². The summed E-state index contributed by atoms with van der Waals surface area (Å²) in [7, 11) is -3.99. The summed E-state index contributed by atoms with van der Waals surface area (Å²) in [5, 5.41) is 2.84. The Kier molecular flexibility index (Phi) is 6.03. The molecule has 0 radical (unpaired) electrons. The van der Waals surface area contributed by atoms with E-state index >= 15 is 0 Å². The summed E-state index contributed by atoms with van der Waals surface area (Å²) in [5.74, 6) is -0.895. The second kappa shape index (κ2) is 8.93. The van der Waals surface area contributed by atoms with E-state index in [1.165, 1.54) is 49.4 Å². The van der Waals surface area contributed by atoms with Crippen LogP contribution in [0.2, 0.25) is 0 Å². The summed E-state index contributed by atoms with van der Waals surface area (Å²) < 4.78 is 43.7. The molecule has 0 aliphatic heterocycles. The number of carbonyl (C=O) groups excluding carboxylic acids is 1. The van der Waals surface area contributed by atoms with Gasteiger partial charge >= 0.3 is 0 Å². The maximum absolute atomic E-state index is 14.5. The number of nitrogens with zero attached hydrogens (tertiary/aromatic N) is 2. The lowest BCUT2D eigenvalue weighted by molar-refractivity contribution is -0.114. The zero-order valence-electron chi connectivity index (χ0n) is 17.4. The molecular weight excluding hydrogens is 447 g/mol. The van der Waals surface area contributed by atoms with E-state index in [0.717, 1.165) is 4.57 Å². The quantitative estimate of drug-likeness (QED) is 0.454. The molecule has 0 atom stereocenters. The summed E-state index contributed by atoms with van der Waals surface area (Å²) in [4.78, 5) is 28.7. The van der Waals surface area contributed by atoms with Gasteiger partial charge in [0.2, 0.25) is 15.9 Å². The van der Waals surface area contributed by atoms with Crippen LogP contribution in [0.4, 0.5) is 10.1 Å². The van der Waals surface area contributed by atoms with Crippen LogP contribution >= 0.6 is 0 Å². The van der Waals surface area contributed by atoms with Crippen molar-refractivity contribution in [1.82, 2.24) is 14.3 Å². The van der Waals surface area contributed by atoms with E-state index in [9.17, 15) is 22.4 Å². The molecule has 0 aliphatic carbocycles.